The number of hydrogen-bond donors (Lipinski definition) is 1. The van der Waals surface area contributed by atoms with E-state index in [-0.39, 0.29) is 0 Å². The van der Waals surface area contributed by atoms with E-state index in [1.807, 2.05) is 36.0 Å². The second-order valence-electron chi connectivity index (χ2n) is 3.74. The third-order valence-electron chi connectivity index (χ3n) is 2.36. The summed E-state index contributed by atoms with van der Waals surface area (Å²) in [7, 11) is 0. The van der Waals surface area contributed by atoms with Crippen molar-refractivity contribution in [2.45, 2.75) is 4.90 Å². The summed E-state index contributed by atoms with van der Waals surface area (Å²) in [6.45, 7) is 0.933. The van der Waals surface area contributed by atoms with Gasteiger partial charge in [0.15, 0.2) is 0 Å². The highest BCUT2D eigenvalue weighted by Gasteiger charge is 1.95. The molecule has 0 fully saturated rings. The van der Waals surface area contributed by atoms with Crippen LogP contribution in [0, 0.1) is 0 Å². The Hall–Kier alpha value is -0.640. The molecule has 0 radical (unpaired) electrons. The molecule has 0 aliphatic rings. The molecule has 0 aliphatic heterocycles. The SMILES string of the molecule is Clc1ccc(NCCSc2ccc(Br)cc2)cc1. The number of hydrogen-bond acceptors (Lipinski definition) is 2. The lowest BCUT2D eigenvalue weighted by molar-refractivity contribution is 1.22. The molecule has 0 spiro atoms. The van der Waals surface area contributed by atoms with Crippen molar-refractivity contribution in [1.82, 2.24) is 0 Å². The van der Waals surface area contributed by atoms with Gasteiger partial charge in [0.1, 0.15) is 0 Å². The Bertz CT molecular complexity index is 437. The van der Waals surface area contributed by atoms with Crippen molar-refractivity contribution < 1.29 is 0 Å². The molecular formula is C14H13BrClNS. The van der Waals surface area contributed by atoms with Crippen molar-refractivity contribution in [2.24, 2.45) is 0 Å². The molecule has 4 heteroatoms. The summed E-state index contributed by atoms with van der Waals surface area (Å²) in [4.78, 5) is 1.29. The molecule has 0 aromatic heterocycles. The topological polar surface area (TPSA) is 12.0 Å². The van der Waals surface area contributed by atoms with Crippen LogP contribution in [-0.4, -0.2) is 12.3 Å². The maximum Gasteiger partial charge on any atom is 0.0407 e. The van der Waals surface area contributed by atoms with Crippen LogP contribution in [-0.2, 0) is 0 Å². The summed E-state index contributed by atoms with van der Waals surface area (Å²) >= 11 is 11.1. The molecular weight excluding hydrogens is 330 g/mol. The average molecular weight is 343 g/mol. The highest BCUT2D eigenvalue weighted by molar-refractivity contribution is 9.10. The van der Waals surface area contributed by atoms with Gasteiger partial charge in [-0.05, 0) is 48.5 Å². The molecule has 0 saturated heterocycles. The van der Waals surface area contributed by atoms with Crippen molar-refractivity contribution in [2.75, 3.05) is 17.6 Å². The zero-order valence-corrected chi connectivity index (χ0v) is 12.9. The monoisotopic (exact) mass is 341 g/mol. The van der Waals surface area contributed by atoms with Crippen LogP contribution in [0.3, 0.4) is 0 Å². The fourth-order valence-electron chi connectivity index (χ4n) is 1.46. The van der Waals surface area contributed by atoms with E-state index in [9.17, 15) is 0 Å². The first kappa shape index (κ1) is 13.8. The van der Waals surface area contributed by atoms with Crippen LogP contribution in [0.25, 0.3) is 0 Å². The van der Waals surface area contributed by atoms with Gasteiger partial charge in [-0.2, -0.15) is 0 Å². The van der Waals surface area contributed by atoms with Gasteiger partial charge in [-0.25, -0.2) is 0 Å². The van der Waals surface area contributed by atoms with Gasteiger partial charge in [0.05, 0.1) is 0 Å². The molecule has 0 amide bonds. The zero-order valence-electron chi connectivity index (χ0n) is 9.70. The van der Waals surface area contributed by atoms with Gasteiger partial charge < -0.3 is 5.32 Å². The Morgan fingerprint density at radius 1 is 1.00 bits per heavy atom. The predicted molar refractivity (Wildman–Crippen MR) is 84.8 cm³/mol. The van der Waals surface area contributed by atoms with Gasteiger partial charge in [0.25, 0.3) is 0 Å². The Morgan fingerprint density at radius 2 is 1.67 bits per heavy atom. The first-order chi connectivity index (χ1) is 8.74. The van der Waals surface area contributed by atoms with Gasteiger partial charge in [-0.3, -0.25) is 0 Å². The molecule has 0 heterocycles. The standard InChI is InChI=1S/C14H13BrClNS/c15-11-1-7-14(8-2-11)18-10-9-17-13-5-3-12(16)4-6-13/h1-8,17H,9-10H2. The van der Waals surface area contributed by atoms with E-state index in [1.54, 1.807) is 0 Å². The van der Waals surface area contributed by atoms with Crippen molar-refractivity contribution in [1.29, 1.82) is 0 Å². The second kappa shape index (κ2) is 7.07. The first-order valence-corrected chi connectivity index (χ1v) is 7.77. The Kier molecular flexibility index (Phi) is 5.42. The fraction of sp³-hybridized carbons (Fsp3) is 0.143. The van der Waals surface area contributed by atoms with E-state index >= 15 is 0 Å². The molecule has 94 valence electrons. The van der Waals surface area contributed by atoms with Crippen LogP contribution in [0.15, 0.2) is 57.9 Å². The van der Waals surface area contributed by atoms with Gasteiger partial charge in [0, 0.05) is 32.4 Å². The summed E-state index contributed by atoms with van der Waals surface area (Å²) in [5, 5.41) is 4.13. The smallest absolute Gasteiger partial charge is 0.0407 e. The van der Waals surface area contributed by atoms with E-state index in [0.29, 0.717) is 0 Å². The van der Waals surface area contributed by atoms with E-state index in [4.69, 9.17) is 11.6 Å². The molecule has 0 unspecified atom stereocenters. The largest absolute Gasteiger partial charge is 0.384 e. The summed E-state index contributed by atoms with van der Waals surface area (Å²) in [5.74, 6) is 1.03. The van der Waals surface area contributed by atoms with Crippen molar-refractivity contribution >= 4 is 45.0 Å². The van der Waals surface area contributed by atoms with Crippen molar-refractivity contribution in [3.63, 3.8) is 0 Å². The number of nitrogens with one attached hydrogen (secondary N) is 1. The normalized spacial score (nSPS) is 10.3. The summed E-state index contributed by atoms with van der Waals surface area (Å²) in [6.07, 6.45) is 0. The second-order valence-corrected chi connectivity index (χ2v) is 6.26. The number of anilines is 1. The van der Waals surface area contributed by atoms with Crippen LogP contribution >= 0.6 is 39.3 Å². The summed E-state index contributed by atoms with van der Waals surface area (Å²) in [5.41, 5.74) is 1.11. The Balaban J connectivity index is 1.73. The van der Waals surface area contributed by atoms with E-state index in [1.165, 1.54) is 4.90 Å². The third kappa shape index (κ3) is 4.56. The Morgan fingerprint density at radius 3 is 2.33 bits per heavy atom. The van der Waals surface area contributed by atoms with Crippen molar-refractivity contribution in [3.8, 4) is 0 Å². The Labute approximate surface area is 125 Å². The van der Waals surface area contributed by atoms with Gasteiger partial charge in [-0.15, -0.1) is 11.8 Å². The van der Waals surface area contributed by atoms with Crippen LogP contribution in [0.5, 0.6) is 0 Å². The molecule has 1 nitrogen and oxygen atoms in total. The third-order valence-corrected chi connectivity index (χ3v) is 4.15. The van der Waals surface area contributed by atoms with E-state index in [0.717, 1.165) is 27.5 Å². The number of thioether (sulfide) groups is 1. The fourth-order valence-corrected chi connectivity index (χ4v) is 2.62. The summed E-state index contributed by atoms with van der Waals surface area (Å²) in [6, 6.07) is 16.1. The molecule has 0 saturated carbocycles. The molecule has 0 aliphatic carbocycles. The minimum atomic E-state index is 0.768. The number of halogens is 2. The minimum absolute atomic E-state index is 0.768. The minimum Gasteiger partial charge on any atom is -0.384 e. The highest BCUT2D eigenvalue weighted by Crippen LogP contribution is 2.20. The molecule has 0 atom stereocenters. The lowest BCUT2D eigenvalue weighted by Gasteiger charge is -2.06. The molecule has 0 bridgehead atoms. The zero-order chi connectivity index (χ0) is 12.8. The number of benzene rings is 2. The van der Waals surface area contributed by atoms with Crippen molar-refractivity contribution in [3.05, 3.63) is 58.0 Å². The molecule has 2 rings (SSSR count). The maximum absolute atomic E-state index is 5.83. The van der Waals surface area contributed by atoms with Gasteiger partial charge in [0.2, 0.25) is 0 Å². The van der Waals surface area contributed by atoms with Gasteiger partial charge in [-0.1, -0.05) is 27.5 Å². The molecule has 1 N–H and O–H groups in total. The van der Waals surface area contributed by atoms with Crippen LogP contribution in [0.2, 0.25) is 5.02 Å². The lowest BCUT2D eigenvalue weighted by atomic mass is 10.3. The highest BCUT2D eigenvalue weighted by atomic mass is 79.9. The maximum atomic E-state index is 5.83. The van der Waals surface area contributed by atoms with E-state index < -0.39 is 0 Å². The van der Waals surface area contributed by atoms with Crippen LogP contribution in [0.1, 0.15) is 0 Å². The molecule has 18 heavy (non-hydrogen) atoms. The number of rotatable bonds is 5. The van der Waals surface area contributed by atoms with Gasteiger partial charge >= 0.3 is 0 Å². The summed E-state index contributed by atoms with van der Waals surface area (Å²) < 4.78 is 1.12. The quantitative estimate of drug-likeness (QED) is 0.584. The van der Waals surface area contributed by atoms with E-state index in [2.05, 4.69) is 45.5 Å². The van der Waals surface area contributed by atoms with Crippen LogP contribution < -0.4 is 5.32 Å². The average Bonchev–Trinajstić information content (AvgIpc) is 2.39. The predicted octanol–water partition coefficient (Wildman–Crippen LogP) is 5.31. The first-order valence-electron chi connectivity index (χ1n) is 5.62. The van der Waals surface area contributed by atoms with Crippen LogP contribution in [0.4, 0.5) is 5.69 Å². The molecule has 2 aromatic carbocycles. The lowest BCUT2D eigenvalue weighted by Crippen LogP contribution is -2.03. The molecule has 2 aromatic rings.